The van der Waals surface area contributed by atoms with Crippen LogP contribution in [0.3, 0.4) is 0 Å². The van der Waals surface area contributed by atoms with E-state index in [-0.39, 0.29) is 11.7 Å². The van der Waals surface area contributed by atoms with E-state index >= 15 is 0 Å². The van der Waals surface area contributed by atoms with Gasteiger partial charge in [0.15, 0.2) is 5.17 Å². The number of likely N-dealkylation sites (N-methyl/N-ethyl adjacent to an activating group) is 1. The highest BCUT2D eigenvalue weighted by molar-refractivity contribution is 8.18. The number of amidine groups is 1. The predicted molar refractivity (Wildman–Crippen MR) is 136 cm³/mol. The lowest BCUT2D eigenvalue weighted by atomic mass is 10.2. The number of hydrogen-bond acceptors (Lipinski definition) is 4. The molecule has 0 atom stereocenters. The minimum Gasteiger partial charge on any atom is -0.378 e. The van der Waals surface area contributed by atoms with Gasteiger partial charge in [-0.2, -0.15) is 0 Å². The molecule has 0 saturated carbocycles. The van der Waals surface area contributed by atoms with Gasteiger partial charge < -0.3 is 9.47 Å². The Morgan fingerprint density at radius 2 is 1.73 bits per heavy atom. The number of benzene rings is 2. The van der Waals surface area contributed by atoms with E-state index in [2.05, 4.69) is 58.6 Å². The Hall–Kier alpha value is -3.32. The van der Waals surface area contributed by atoms with Crippen molar-refractivity contribution < 1.29 is 9.18 Å². The lowest BCUT2D eigenvalue weighted by Crippen LogP contribution is -2.28. The zero-order chi connectivity index (χ0) is 23.7. The van der Waals surface area contributed by atoms with Crippen molar-refractivity contribution in [1.82, 2.24) is 9.47 Å². The van der Waals surface area contributed by atoms with Crippen molar-refractivity contribution in [2.45, 2.75) is 20.8 Å². The minimum absolute atomic E-state index is 0.0662. The summed E-state index contributed by atoms with van der Waals surface area (Å²) in [7, 11) is 4.05. The molecule has 1 aliphatic heterocycles. The standard InChI is InChI=1S/C26H27FN4OS/c1-6-30-25(32)24(33-26(30)28-21-9-7-20(27)8-10-21)16-19-15-17(2)31(18(19)3)23-13-11-22(12-14-23)29(4)5/h7-16H,6H2,1-5H3/b24-16+,28-26?. The smallest absolute Gasteiger partial charge is 0.266 e. The summed E-state index contributed by atoms with van der Waals surface area (Å²) >= 11 is 1.35. The van der Waals surface area contributed by atoms with Crippen molar-refractivity contribution in [1.29, 1.82) is 0 Å². The normalized spacial score (nSPS) is 16.3. The van der Waals surface area contributed by atoms with Crippen LogP contribution in [0.2, 0.25) is 0 Å². The van der Waals surface area contributed by atoms with Crippen LogP contribution >= 0.6 is 11.8 Å². The van der Waals surface area contributed by atoms with Gasteiger partial charge in [0.05, 0.1) is 10.6 Å². The fourth-order valence-corrected chi connectivity index (χ4v) is 4.92. The van der Waals surface area contributed by atoms with E-state index in [1.807, 2.05) is 27.1 Å². The number of amides is 1. The van der Waals surface area contributed by atoms with Crippen molar-refractivity contribution in [3.05, 3.63) is 82.3 Å². The molecule has 0 aliphatic carbocycles. The van der Waals surface area contributed by atoms with Crippen LogP contribution in [0.25, 0.3) is 11.8 Å². The zero-order valence-electron chi connectivity index (χ0n) is 19.5. The molecule has 1 saturated heterocycles. The van der Waals surface area contributed by atoms with Crippen molar-refractivity contribution in [2.24, 2.45) is 4.99 Å². The summed E-state index contributed by atoms with van der Waals surface area (Å²) in [6.45, 7) is 6.57. The average molecular weight is 463 g/mol. The second-order valence-corrected chi connectivity index (χ2v) is 9.11. The van der Waals surface area contributed by atoms with E-state index in [1.165, 1.54) is 23.9 Å². The molecule has 7 heteroatoms. The average Bonchev–Trinajstić information content (AvgIpc) is 3.24. The molecule has 33 heavy (non-hydrogen) atoms. The molecule has 0 spiro atoms. The molecule has 1 fully saturated rings. The number of carbonyl (C=O) groups is 1. The summed E-state index contributed by atoms with van der Waals surface area (Å²) in [4.78, 5) is 22.0. The number of carbonyl (C=O) groups excluding carboxylic acids is 1. The van der Waals surface area contributed by atoms with Crippen LogP contribution in [0.1, 0.15) is 23.9 Å². The SMILES string of the molecule is CCN1C(=O)/C(=C\c2cc(C)n(-c3ccc(N(C)C)cc3)c2C)SC1=Nc1ccc(F)cc1. The zero-order valence-corrected chi connectivity index (χ0v) is 20.3. The number of aliphatic imine (C=N–C) groups is 1. The van der Waals surface area contributed by atoms with Crippen molar-refractivity contribution in [3.63, 3.8) is 0 Å². The molecule has 1 aromatic heterocycles. The lowest BCUT2D eigenvalue weighted by molar-refractivity contribution is -0.122. The predicted octanol–water partition coefficient (Wildman–Crippen LogP) is 5.92. The van der Waals surface area contributed by atoms with Crippen LogP contribution in [-0.4, -0.2) is 41.2 Å². The van der Waals surface area contributed by atoms with Gasteiger partial charge in [-0.15, -0.1) is 0 Å². The maximum absolute atomic E-state index is 13.2. The number of thioether (sulfide) groups is 1. The molecule has 3 aromatic rings. The van der Waals surface area contributed by atoms with Crippen LogP contribution in [0, 0.1) is 19.7 Å². The largest absolute Gasteiger partial charge is 0.378 e. The third-order valence-electron chi connectivity index (χ3n) is 5.64. The van der Waals surface area contributed by atoms with Crippen LogP contribution in [0.4, 0.5) is 15.8 Å². The Morgan fingerprint density at radius 1 is 1.06 bits per heavy atom. The van der Waals surface area contributed by atoms with E-state index in [4.69, 9.17) is 0 Å². The van der Waals surface area contributed by atoms with Gasteiger partial charge in [0, 0.05) is 43.4 Å². The Balaban J connectivity index is 1.67. The van der Waals surface area contributed by atoms with Gasteiger partial charge in [0.2, 0.25) is 0 Å². The monoisotopic (exact) mass is 462 g/mol. The van der Waals surface area contributed by atoms with Gasteiger partial charge in [-0.3, -0.25) is 9.69 Å². The van der Waals surface area contributed by atoms with Gasteiger partial charge in [0.1, 0.15) is 5.82 Å². The molecule has 1 aliphatic rings. The molecule has 4 rings (SSSR count). The van der Waals surface area contributed by atoms with Crippen molar-refractivity contribution in [3.8, 4) is 5.69 Å². The fourth-order valence-electron chi connectivity index (χ4n) is 3.87. The van der Waals surface area contributed by atoms with Crippen LogP contribution < -0.4 is 4.90 Å². The van der Waals surface area contributed by atoms with Crippen molar-refractivity contribution >= 4 is 40.3 Å². The number of aromatic nitrogens is 1. The van der Waals surface area contributed by atoms with Gasteiger partial charge in [0.25, 0.3) is 5.91 Å². The van der Waals surface area contributed by atoms with Gasteiger partial charge in [-0.1, -0.05) is 0 Å². The maximum Gasteiger partial charge on any atom is 0.266 e. The second kappa shape index (κ2) is 9.27. The molecule has 0 unspecified atom stereocenters. The summed E-state index contributed by atoms with van der Waals surface area (Å²) < 4.78 is 15.4. The molecule has 0 bridgehead atoms. The molecular weight excluding hydrogens is 435 g/mol. The maximum atomic E-state index is 13.2. The number of halogens is 1. The summed E-state index contributed by atoms with van der Waals surface area (Å²) in [6.07, 6.45) is 1.94. The second-order valence-electron chi connectivity index (χ2n) is 8.10. The van der Waals surface area contributed by atoms with Gasteiger partial charge in [-0.05, 0) is 98.8 Å². The summed E-state index contributed by atoms with van der Waals surface area (Å²) in [5.74, 6) is -0.378. The molecule has 0 radical (unpaired) electrons. The third kappa shape index (κ3) is 4.59. The molecule has 170 valence electrons. The van der Waals surface area contributed by atoms with E-state index in [0.29, 0.717) is 22.3 Å². The minimum atomic E-state index is -0.311. The van der Waals surface area contributed by atoms with Crippen LogP contribution in [0.5, 0.6) is 0 Å². The summed E-state index contributed by atoms with van der Waals surface area (Å²) in [5, 5.41) is 0.605. The van der Waals surface area contributed by atoms with Gasteiger partial charge in [-0.25, -0.2) is 9.38 Å². The number of nitrogens with zero attached hydrogens (tertiary/aromatic N) is 4. The molecule has 1 amide bonds. The number of anilines is 1. The first-order valence-corrected chi connectivity index (χ1v) is 11.6. The van der Waals surface area contributed by atoms with Crippen LogP contribution in [-0.2, 0) is 4.79 Å². The lowest BCUT2D eigenvalue weighted by Gasteiger charge is -2.15. The molecular formula is C26H27FN4OS. The van der Waals surface area contributed by atoms with Gasteiger partial charge >= 0.3 is 0 Å². The third-order valence-corrected chi connectivity index (χ3v) is 6.64. The Morgan fingerprint density at radius 3 is 2.33 bits per heavy atom. The number of hydrogen-bond donors (Lipinski definition) is 0. The molecule has 0 N–H and O–H groups in total. The Labute approximate surface area is 198 Å². The number of aryl methyl sites for hydroxylation is 1. The molecule has 5 nitrogen and oxygen atoms in total. The fraction of sp³-hybridized carbons (Fsp3) is 0.231. The highest BCUT2D eigenvalue weighted by Crippen LogP contribution is 2.35. The molecule has 2 heterocycles. The molecule has 2 aromatic carbocycles. The van der Waals surface area contributed by atoms with E-state index in [1.54, 1.807) is 17.0 Å². The Kier molecular flexibility index (Phi) is 6.42. The van der Waals surface area contributed by atoms with E-state index in [9.17, 15) is 9.18 Å². The number of rotatable bonds is 5. The highest BCUT2D eigenvalue weighted by atomic mass is 32.2. The quantitative estimate of drug-likeness (QED) is 0.442. The topological polar surface area (TPSA) is 40.8 Å². The summed E-state index contributed by atoms with van der Waals surface area (Å²) in [6, 6.07) is 16.5. The Bertz CT molecular complexity index is 1240. The first-order valence-electron chi connectivity index (χ1n) is 10.8. The highest BCUT2D eigenvalue weighted by Gasteiger charge is 2.32. The van der Waals surface area contributed by atoms with Crippen molar-refractivity contribution in [2.75, 3.05) is 25.5 Å². The first kappa shape index (κ1) is 22.9. The van der Waals surface area contributed by atoms with E-state index < -0.39 is 0 Å². The summed E-state index contributed by atoms with van der Waals surface area (Å²) in [5.41, 5.74) is 6.01. The van der Waals surface area contributed by atoms with Crippen LogP contribution in [0.15, 0.2) is 64.5 Å². The first-order chi connectivity index (χ1) is 15.8. The van der Waals surface area contributed by atoms with E-state index in [0.717, 1.165) is 28.3 Å².